The lowest BCUT2D eigenvalue weighted by Gasteiger charge is -2.13. The maximum atomic E-state index is 12.9. The van der Waals surface area contributed by atoms with Gasteiger partial charge in [-0.1, -0.05) is 12.1 Å². The molecule has 0 aliphatic rings. The predicted octanol–water partition coefficient (Wildman–Crippen LogP) is 3.22. The van der Waals surface area contributed by atoms with E-state index in [-0.39, 0.29) is 11.7 Å². The van der Waals surface area contributed by atoms with Gasteiger partial charge in [-0.05, 0) is 42.3 Å². The summed E-state index contributed by atoms with van der Waals surface area (Å²) in [5.41, 5.74) is 1.65. The lowest BCUT2D eigenvalue weighted by Crippen LogP contribution is -2.23. The van der Waals surface area contributed by atoms with Crippen molar-refractivity contribution in [3.63, 3.8) is 0 Å². The Labute approximate surface area is 152 Å². The van der Waals surface area contributed by atoms with Crippen LogP contribution < -0.4 is 19.5 Å². The van der Waals surface area contributed by atoms with Crippen LogP contribution in [0.2, 0.25) is 0 Å². The second-order valence-electron chi connectivity index (χ2n) is 5.42. The highest BCUT2D eigenvalue weighted by Crippen LogP contribution is 2.40. The van der Waals surface area contributed by atoms with Gasteiger partial charge in [0.25, 0.3) is 0 Å². The molecular weight excluding hydrogens is 337 g/mol. The molecule has 0 atom stereocenters. The average molecular weight is 359 g/mol. The Morgan fingerprint density at radius 1 is 1.00 bits per heavy atom. The molecule has 0 radical (unpaired) electrons. The molecule has 0 aliphatic carbocycles. The van der Waals surface area contributed by atoms with E-state index < -0.39 is 0 Å². The molecule has 26 heavy (non-hydrogen) atoms. The number of hydrogen-bond acceptors (Lipinski definition) is 4. The van der Waals surface area contributed by atoms with Crippen LogP contribution in [0.5, 0.6) is 17.2 Å². The standard InChI is InChI=1S/C20H22FNO4/c1-24-17-10-6-15(19(25-2)20(17)26-3)7-11-18(23)22-13-12-14-4-8-16(21)9-5-14/h4-11H,12-13H2,1-3H3,(H,22,23)/b11-7+. The number of carbonyl (C=O) groups is 1. The van der Waals surface area contributed by atoms with Gasteiger partial charge in [-0.15, -0.1) is 0 Å². The van der Waals surface area contributed by atoms with Crippen molar-refractivity contribution in [2.75, 3.05) is 27.9 Å². The summed E-state index contributed by atoms with van der Waals surface area (Å²) in [6.07, 6.45) is 3.70. The van der Waals surface area contributed by atoms with Crippen molar-refractivity contribution in [3.8, 4) is 17.2 Å². The minimum atomic E-state index is -0.274. The normalized spacial score (nSPS) is 10.6. The van der Waals surface area contributed by atoms with Crippen molar-refractivity contribution in [2.45, 2.75) is 6.42 Å². The summed E-state index contributed by atoms with van der Waals surface area (Å²) in [7, 11) is 4.59. The van der Waals surface area contributed by atoms with E-state index in [0.717, 1.165) is 5.56 Å². The number of rotatable bonds is 8. The van der Waals surface area contributed by atoms with E-state index in [1.807, 2.05) is 0 Å². The predicted molar refractivity (Wildman–Crippen MR) is 98.2 cm³/mol. The molecule has 2 aromatic rings. The fraction of sp³-hybridized carbons (Fsp3) is 0.250. The third-order valence-corrected chi connectivity index (χ3v) is 3.78. The van der Waals surface area contributed by atoms with Crippen LogP contribution in [0.3, 0.4) is 0 Å². The first-order valence-corrected chi connectivity index (χ1v) is 8.08. The monoisotopic (exact) mass is 359 g/mol. The molecule has 2 rings (SSSR count). The van der Waals surface area contributed by atoms with Gasteiger partial charge in [0.15, 0.2) is 11.5 Å². The number of hydrogen-bond donors (Lipinski definition) is 1. The van der Waals surface area contributed by atoms with E-state index in [0.29, 0.717) is 35.8 Å². The maximum absolute atomic E-state index is 12.9. The Morgan fingerprint density at radius 2 is 1.69 bits per heavy atom. The summed E-state index contributed by atoms with van der Waals surface area (Å²) in [5.74, 6) is 0.995. The van der Waals surface area contributed by atoms with Crippen molar-refractivity contribution in [3.05, 3.63) is 59.4 Å². The Kier molecular flexibility index (Phi) is 7.02. The Hall–Kier alpha value is -3.02. The largest absolute Gasteiger partial charge is 0.493 e. The molecule has 1 N–H and O–H groups in total. The number of benzene rings is 2. The molecule has 6 heteroatoms. The molecule has 0 spiro atoms. The zero-order valence-corrected chi connectivity index (χ0v) is 15.0. The highest BCUT2D eigenvalue weighted by Gasteiger charge is 2.14. The van der Waals surface area contributed by atoms with E-state index in [2.05, 4.69) is 5.32 Å². The SMILES string of the molecule is COc1ccc(/C=C/C(=O)NCCc2ccc(F)cc2)c(OC)c1OC. The van der Waals surface area contributed by atoms with Gasteiger partial charge in [0.1, 0.15) is 5.82 Å². The molecule has 0 aromatic heterocycles. The number of amides is 1. The molecule has 5 nitrogen and oxygen atoms in total. The molecule has 0 unspecified atom stereocenters. The number of nitrogens with one attached hydrogen (secondary N) is 1. The van der Waals surface area contributed by atoms with Crippen LogP contribution in [0.15, 0.2) is 42.5 Å². The number of carbonyl (C=O) groups excluding carboxylic acids is 1. The van der Waals surface area contributed by atoms with Crippen LogP contribution in [-0.4, -0.2) is 33.8 Å². The first-order chi connectivity index (χ1) is 12.6. The van der Waals surface area contributed by atoms with Crippen molar-refractivity contribution < 1.29 is 23.4 Å². The highest BCUT2D eigenvalue weighted by molar-refractivity contribution is 5.92. The Morgan fingerprint density at radius 3 is 2.31 bits per heavy atom. The van der Waals surface area contributed by atoms with Crippen LogP contribution in [0.25, 0.3) is 6.08 Å². The fourth-order valence-corrected chi connectivity index (χ4v) is 2.46. The van der Waals surface area contributed by atoms with Crippen LogP contribution in [0.4, 0.5) is 4.39 Å². The first-order valence-electron chi connectivity index (χ1n) is 8.08. The second kappa shape index (κ2) is 9.46. The number of halogens is 1. The van der Waals surface area contributed by atoms with Crippen LogP contribution in [0.1, 0.15) is 11.1 Å². The molecular formula is C20H22FNO4. The average Bonchev–Trinajstić information content (AvgIpc) is 2.66. The van der Waals surface area contributed by atoms with Crippen molar-refractivity contribution >= 4 is 12.0 Å². The van der Waals surface area contributed by atoms with Gasteiger partial charge < -0.3 is 19.5 Å². The quantitative estimate of drug-likeness (QED) is 0.736. The zero-order chi connectivity index (χ0) is 18.9. The molecule has 1 amide bonds. The van der Waals surface area contributed by atoms with Crippen LogP contribution in [0, 0.1) is 5.82 Å². The summed E-state index contributed by atoms with van der Waals surface area (Å²) < 4.78 is 28.8. The molecule has 0 fully saturated rings. The summed E-state index contributed by atoms with van der Waals surface area (Å²) in [6.45, 7) is 0.456. The Bertz CT molecular complexity index is 772. The van der Waals surface area contributed by atoms with Gasteiger partial charge in [-0.2, -0.15) is 0 Å². The van der Waals surface area contributed by atoms with Crippen LogP contribution >= 0.6 is 0 Å². The maximum Gasteiger partial charge on any atom is 0.244 e. The minimum absolute atomic E-state index is 0.232. The third-order valence-electron chi connectivity index (χ3n) is 3.78. The van der Waals surface area contributed by atoms with Crippen LogP contribution in [-0.2, 0) is 11.2 Å². The molecule has 0 saturated heterocycles. The molecule has 138 valence electrons. The second-order valence-corrected chi connectivity index (χ2v) is 5.42. The minimum Gasteiger partial charge on any atom is -0.493 e. The van der Waals surface area contributed by atoms with Gasteiger partial charge in [0.05, 0.1) is 21.3 Å². The van der Waals surface area contributed by atoms with Gasteiger partial charge in [-0.3, -0.25) is 4.79 Å². The van der Waals surface area contributed by atoms with Gasteiger partial charge >= 0.3 is 0 Å². The van der Waals surface area contributed by atoms with E-state index in [1.165, 1.54) is 32.4 Å². The zero-order valence-electron chi connectivity index (χ0n) is 15.0. The third kappa shape index (κ3) is 4.99. The van der Waals surface area contributed by atoms with Crippen molar-refractivity contribution in [1.82, 2.24) is 5.32 Å². The summed E-state index contributed by atoms with van der Waals surface area (Å²) in [5, 5.41) is 2.79. The molecule has 2 aromatic carbocycles. The van der Waals surface area contributed by atoms with E-state index >= 15 is 0 Å². The summed E-state index contributed by atoms with van der Waals surface area (Å²) in [4.78, 5) is 12.0. The van der Waals surface area contributed by atoms with Crippen molar-refractivity contribution in [2.24, 2.45) is 0 Å². The highest BCUT2D eigenvalue weighted by atomic mass is 19.1. The molecule has 0 aliphatic heterocycles. The molecule has 0 saturated carbocycles. The summed E-state index contributed by atoms with van der Waals surface area (Å²) in [6, 6.07) is 9.73. The van der Waals surface area contributed by atoms with Gasteiger partial charge in [0, 0.05) is 18.2 Å². The molecule has 0 bridgehead atoms. The topological polar surface area (TPSA) is 56.8 Å². The van der Waals surface area contributed by atoms with E-state index in [9.17, 15) is 9.18 Å². The fourth-order valence-electron chi connectivity index (χ4n) is 2.46. The van der Waals surface area contributed by atoms with Crippen molar-refractivity contribution in [1.29, 1.82) is 0 Å². The van der Waals surface area contributed by atoms with E-state index in [1.54, 1.807) is 37.5 Å². The van der Waals surface area contributed by atoms with E-state index in [4.69, 9.17) is 14.2 Å². The number of ether oxygens (including phenoxy) is 3. The summed E-state index contributed by atoms with van der Waals surface area (Å²) >= 11 is 0. The Balaban J connectivity index is 1.98. The lowest BCUT2D eigenvalue weighted by atomic mass is 10.1. The first kappa shape index (κ1) is 19.3. The molecule has 0 heterocycles. The van der Waals surface area contributed by atoms with Gasteiger partial charge in [0.2, 0.25) is 11.7 Å². The lowest BCUT2D eigenvalue weighted by molar-refractivity contribution is -0.116. The smallest absolute Gasteiger partial charge is 0.244 e. The number of methoxy groups -OCH3 is 3. The van der Waals surface area contributed by atoms with Gasteiger partial charge in [-0.25, -0.2) is 4.39 Å².